The fourth-order valence-corrected chi connectivity index (χ4v) is 1.81. The summed E-state index contributed by atoms with van der Waals surface area (Å²) in [5.74, 6) is 0. The zero-order chi connectivity index (χ0) is 11.9. The highest BCUT2D eigenvalue weighted by Crippen LogP contribution is 2.20. The van der Waals surface area contributed by atoms with Crippen molar-refractivity contribution < 1.29 is 0 Å². The Morgan fingerprint density at radius 1 is 1.06 bits per heavy atom. The Hall–Kier alpha value is -1.74. The van der Waals surface area contributed by atoms with Gasteiger partial charge in [0.1, 0.15) is 0 Å². The molecule has 0 bridgehead atoms. The highest BCUT2D eigenvalue weighted by molar-refractivity contribution is 5.27. The van der Waals surface area contributed by atoms with Gasteiger partial charge in [-0.2, -0.15) is 0 Å². The molecule has 1 N–H and O–H groups in total. The molecule has 0 unspecified atom stereocenters. The number of hydrogen-bond donors (Lipinski definition) is 1. The molecule has 0 saturated heterocycles. The number of hydrogen-bond acceptors (Lipinski definition) is 3. The van der Waals surface area contributed by atoms with Crippen LogP contribution in [-0.2, 0) is 0 Å². The number of pyridine rings is 2. The highest BCUT2D eigenvalue weighted by atomic mass is 14.9. The zero-order valence-corrected chi connectivity index (χ0v) is 10.0. The van der Waals surface area contributed by atoms with Crippen molar-refractivity contribution in [1.82, 2.24) is 15.3 Å². The molecule has 0 atom stereocenters. The van der Waals surface area contributed by atoms with Crippen LogP contribution in [0.15, 0.2) is 49.1 Å². The molecule has 2 rings (SSSR count). The lowest BCUT2D eigenvalue weighted by molar-refractivity contribution is 0.595. The molecular weight excluding hydrogens is 210 g/mol. The summed E-state index contributed by atoms with van der Waals surface area (Å²) in [4.78, 5) is 8.36. The minimum absolute atomic E-state index is 0.178. The molecule has 0 aliphatic rings. The lowest BCUT2D eigenvalue weighted by Crippen LogP contribution is -2.23. The summed E-state index contributed by atoms with van der Waals surface area (Å²) in [6.45, 7) is 3.14. The maximum atomic E-state index is 4.18. The summed E-state index contributed by atoms with van der Waals surface area (Å²) < 4.78 is 0. The van der Waals surface area contributed by atoms with Crippen LogP contribution in [0.25, 0.3) is 0 Å². The summed E-state index contributed by atoms with van der Waals surface area (Å²) in [6.07, 6.45) is 8.50. The van der Waals surface area contributed by atoms with Gasteiger partial charge in [-0.3, -0.25) is 9.97 Å². The van der Waals surface area contributed by atoms with E-state index in [1.54, 1.807) is 12.4 Å². The molecule has 2 heterocycles. The lowest BCUT2D eigenvalue weighted by atomic mass is 10.0. The van der Waals surface area contributed by atoms with Crippen molar-refractivity contribution in [3.05, 3.63) is 60.2 Å². The molecule has 0 aromatic carbocycles. The quantitative estimate of drug-likeness (QED) is 0.853. The van der Waals surface area contributed by atoms with E-state index in [1.165, 1.54) is 11.1 Å². The van der Waals surface area contributed by atoms with Crippen molar-refractivity contribution in [1.29, 1.82) is 0 Å². The minimum atomic E-state index is 0.178. The lowest BCUT2D eigenvalue weighted by Gasteiger charge is -2.18. The average molecular weight is 227 g/mol. The minimum Gasteiger partial charge on any atom is -0.306 e. The standard InChI is InChI=1S/C14H17N3/c1-2-7-17-14(12-5-3-8-15-10-12)13-6-4-9-16-11-13/h3-6,8-11,14,17H,2,7H2,1H3. The average Bonchev–Trinajstić information content (AvgIpc) is 2.42. The third kappa shape index (κ3) is 3.11. The van der Waals surface area contributed by atoms with Gasteiger partial charge < -0.3 is 5.32 Å². The number of nitrogens with one attached hydrogen (secondary N) is 1. The second kappa shape index (κ2) is 6.11. The molecule has 0 saturated carbocycles. The zero-order valence-electron chi connectivity index (χ0n) is 10.0. The van der Waals surface area contributed by atoms with Crippen LogP contribution in [0.3, 0.4) is 0 Å². The molecule has 0 radical (unpaired) electrons. The topological polar surface area (TPSA) is 37.8 Å². The van der Waals surface area contributed by atoms with Crippen molar-refractivity contribution >= 4 is 0 Å². The summed E-state index contributed by atoms with van der Waals surface area (Å²) in [5.41, 5.74) is 2.35. The van der Waals surface area contributed by atoms with E-state index < -0.39 is 0 Å². The van der Waals surface area contributed by atoms with Gasteiger partial charge in [0.25, 0.3) is 0 Å². The van der Waals surface area contributed by atoms with Crippen LogP contribution in [0.5, 0.6) is 0 Å². The van der Waals surface area contributed by atoms with Crippen LogP contribution in [0.4, 0.5) is 0 Å². The van der Waals surface area contributed by atoms with E-state index in [0.29, 0.717) is 0 Å². The van der Waals surface area contributed by atoms with Crippen LogP contribution >= 0.6 is 0 Å². The second-order valence-corrected chi connectivity index (χ2v) is 3.96. The summed E-state index contributed by atoms with van der Waals surface area (Å²) in [6, 6.07) is 8.29. The van der Waals surface area contributed by atoms with Gasteiger partial charge in [0, 0.05) is 24.8 Å². The molecular formula is C14H17N3. The van der Waals surface area contributed by atoms with E-state index in [4.69, 9.17) is 0 Å². The third-order valence-electron chi connectivity index (χ3n) is 2.63. The van der Waals surface area contributed by atoms with Gasteiger partial charge in [0.2, 0.25) is 0 Å². The van der Waals surface area contributed by atoms with Gasteiger partial charge in [-0.25, -0.2) is 0 Å². The van der Waals surface area contributed by atoms with Crippen molar-refractivity contribution in [3.8, 4) is 0 Å². The molecule has 3 heteroatoms. The maximum Gasteiger partial charge on any atom is 0.0607 e. The fraction of sp³-hybridized carbons (Fsp3) is 0.286. The predicted molar refractivity (Wildman–Crippen MR) is 68.6 cm³/mol. The molecule has 2 aromatic rings. The molecule has 88 valence electrons. The molecule has 0 aliphatic carbocycles. The predicted octanol–water partition coefficient (Wildman–Crippen LogP) is 2.57. The molecule has 0 amide bonds. The van der Waals surface area contributed by atoms with E-state index in [1.807, 2.05) is 24.5 Å². The Morgan fingerprint density at radius 2 is 1.65 bits per heavy atom. The molecule has 0 spiro atoms. The largest absolute Gasteiger partial charge is 0.306 e. The van der Waals surface area contributed by atoms with Gasteiger partial charge in [-0.1, -0.05) is 19.1 Å². The molecule has 0 fully saturated rings. The SMILES string of the molecule is CCCNC(c1cccnc1)c1cccnc1. The van der Waals surface area contributed by atoms with E-state index in [-0.39, 0.29) is 6.04 Å². The van der Waals surface area contributed by atoms with Crippen LogP contribution in [0, 0.1) is 0 Å². The van der Waals surface area contributed by atoms with Gasteiger partial charge in [0.05, 0.1) is 6.04 Å². The van der Waals surface area contributed by atoms with E-state index in [9.17, 15) is 0 Å². The Bertz CT molecular complexity index is 388. The van der Waals surface area contributed by atoms with Crippen molar-refractivity contribution in [2.75, 3.05) is 6.54 Å². The van der Waals surface area contributed by atoms with Crippen LogP contribution in [0.1, 0.15) is 30.5 Å². The summed E-state index contributed by atoms with van der Waals surface area (Å²) in [7, 11) is 0. The second-order valence-electron chi connectivity index (χ2n) is 3.96. The number of aromatic nitrogens is 2. The van der Waals surface area contributed by atoms with Crippen LogP contribution in [0.2, 0.25) is 0 Å². The van der Waals surface area contributed by atoms with Gasteiger partial charge in [-0.05, 0) is 36.2 Å². The Labute approximate surface area is 102 Å². The van der Waals surface area contributed by atoms with E-state index in [2.05, 4.69) is 34.3 Å². The third-order valence-corrected chi connectivity index (χ3v) is 2.63. The maximum absolute atomic E-state index is 4.18. The Balaban J connectivity index is 2.26. The first kappa shape index (κ1) is 11.7. The molecule has 17 heavy (non-hydrogen) atoms. The normalized spacial score (nSPS) is 10.7. The number of nitrogens with zero attached hydrogens (tertiary/aromatic N) is 2. The van der Waals surface area contributed by atoms with Crippen LogP contribution in [-0.4, -0.2) is 16.5 Å². The Morgan fingerprint density at radius 3 is 2.06 bits per heavy atom. The molecule has 2 aromatic heterocycles. The highest BCUT2D eigenvalue weighted by Gasteiger charge is 2.12. The smallest absolute Gasteiger partial charge is 0.0607 e. The van der Waals surface area contributed by atoms with Crippen molar-refractivity contribution in [2.45, 2.75) is 19.4 Å². The van der Waals surface area contributed by atoms with Gasteiger partial charge >= 0.3 is 0 Å². The molecule has 0 aliphatic heterocycles. The first-order chi connectivity index (χ1) is 8.42. The van der Waals surface area contributed by atoms with Gasteiger partial charge in [0.15, 0.2) is 0 Å². The van der Waals surface area contributed by atoms with E-state index in [0.717, 1.165) is 13.0 Å². The van der Waals surface area contributed by atoms with E-state index >= 15 is 0 Å². The molecule has 3 nitrogen and oxygen atoms in total. The fourth-order valence-electron chi connectivity index (χ4n) is 1.81. The Kier molecular flexibility index (Phi) is 4.22. The van der Waals surface area contributed by atoms with Crippen LogP contribution < -0.4 is 5.32 Å². The van der Waals surface area contributed by atoms with Gasteiger partial charge in [-0.15, -0.1) is 0 Å². The monoisotopic (exact) mass is 227 g/mol. The summed E-state index contributed by atoms with van der Waals surface area (Å²) >= 11 is 0. The van der Waals surface area contributed by atoms with Crippen molar-refractivity contribution in [3.63, 3.8) is 0 Å². The number of rotatable bonds is 5. The first-order valence-electron chi connectivity index (χ1n) is 5.95. The van der Waals surface area contributed by atoms with Crippen molar-refractivity contribution in [2.24, 2.45) is 0 Å². The summed E-state index contributed by atoms with van der Waals surface area (Å²) in [5, 5.41) is 3.52. The first-order valence-corrected chi connectivity index (χ1v) is 5.95.